The third kappa shape index (κ3) is 6.34. The molecule has 0 spiro atoms. The van der Waals surface area contributed by atoms with E-state index in [1.165, 1.54) is 18.2 Å². The van der Waals surface area contributed by atoms with Crippen molar-refractivity contribution < 1.29 is 22.8 Å². The molecule has 0 unspecified atom stereocenters. The second-order valence-electron chi connectivity index (χ2n) is 7.37. The number of rotatable bonds is 5. The molecule has 0 radical (unpaired) electrons. The van der Waals surface area contributed by atoms with E-state index in [2.05, 4.69) is 5.32 Å². The van der Waals surface area contributed by atoms with Gasteiger partial charge in [0.2, 0.25) is 11.8 Å². The number of piperidine rings is 1. The van der Waals surface area contributed by atoms with Crippen LogP contribution in [0.25, 0.3) is 6.08 Å². The molecule has 0 saturated carbocycles. The number of nitrogens with zero attached hydrogens (tertiary/aromatic N) is 1. The molecular formula is C23H22ClF3N2O2. The minimum atomic E-state index is -4.56. The van der Waals surface area contributed by atoms with Crippen LogP contribution in [0.4, 0.5) is 13.2 Å². The Morgan fingerprint density at radius 3 is 2.42 bits per heavy atom. The first-order valence-electron chi connectivity index (χ1n) is 9.89. The van der Waals surface area contributed by atoms with E-state index in [-0.39, 0.29) is 28.3 Å². The first kappa shape index (κ1) is 22.9. The summed E-state index contributed by atoms with van der Waals surface area (Å²) in [5.74, 6) is -0.499. The number of hydrogen-bond acceptors (Lipinski definition) is 2. The van der Waals surface area contributed by atoms with Gasteiger partial charge in [-0.15, -0.1) is 0 Å². The minimum Gasteiger partial charge on any atom is -0.352 e. The maximum atomic E-state index is 13.0. The number of hydrogen-bond donors (Lipinski definition) is 1. The van der Waals surface area contributed by atoms with E-state index in [0.29, 0.717) is 32.5 Å². The molecule has 4 nitrogen and oxygen atoms in total. The monoisotopic (exact) mass is 450 g/mol. The molecule has 3 rings (SSSR count). The molecule has 1 aliphatic heterocycles. The highest BCUT2D eigenvalue weighted by Gasteiger charge is 2.33. The molecule has 8 heteroatoms. The number of carbonyl (C=O) groups is 2. The molecule has 0 aliphatic carbocycles. The van der Waals surface area contributed by atoms with Crippen molar-refractivity contribution in [3.8, 4) is 0 Å². The van der Waals surface area contributed by atoms with Crippen LogP contribution in [0.2, 0.25) is 5.02 Å². The summed E-state index contributed by atoms with van der Waals surface area (Å²) in [7, 11) is 0. The summed E-state index contributed by atoms with van der Waals surface area (Å²) in [6.07, 6.45) is -0.890. The van der Waals surface area contributed by atoms with Crippen LogP contribution in [-0.4, -0.2) is 29.8 Å². The van der Waals surface area contributed by atoms with E-state index in [0.717, 1.165) is 17.7 Å². The fourth-order valence-corrected chi connectivity index (χ4v) is 3.65. The highest BCUT2D eigenvalue weighted by atomic mass is 35.5. The summed E-state index contributed by atoms with van der Waals surface area (Å²) in [5.41, 5.74) is 0.316. The molecule has 0 atom stereocenters. The summed E-state index contributed by atoms with van der Waals surface area (Å²) < 4.78 is 38.9. The molecule has 1 fully saturated rings. The van der Waals surface area contributed by atoms with Crippen molar-refractivity contribution in [2.45, 2.75) is 25.6 Å². The zero-order chi connectivity index (χ0) is 22.4. The molecule has 2 aromatic carbocycles. The van der Waals surface area contributed by atoms with Crippen LogP contribution >= 0.6 is 11.6 Å². The van der Waals surface area contributed by atoms with Gasteiger partial charge in [0.05, 0.1) is 10.6 Å². The highest BCUT2D eigenvalue weighted by Crippen LogP contribution is 2.35. The van der Waals surface area contributed by atoms with Crippen molar-refractivity contribution in [1.82, 2.24) is 10.2 Å². The van der Waals surface area contributed by atoms with Crippen LogP contribution < -0.4 is 5.32 Å². The first-order valence-corrected chi connectivity index (χ1v) is 10.3. The number of nitrogens with one attached hydrogen (secondary N) is 1. The van der Waals surface area contributed by atoms with Crippen LogP contribution in [0.5, 0.6) is 0 Å². The van der Waals surface area contributed by atoms with Crippen LogP contribution in [0, 0.1) is 5.92 Å². The van der Waals surface area contributed by atoms with E-state index in [9.17, 15) is 22.8 Å². The Labute approximate surface area is 183 Å². The molecule has 164 valence electrons. The third-order valence-corrected chi connectivity index (χ3v) is 5.53. The molecule has 31 heavy (non-hydrogen) atoms. The minimum absolute atomic E-state index is 0.0349. The van der Waals surface area contributed by atoms with Crippen molar-refractivity contribution in [2.75, 3.05) is 13.1 Å². The SMILES string of the molecule is O=C(NCc1ccccc1)C1CCN(C(=O)/C=C/c2ccc(Cl)c(C(F)(F)F)c2)CC1. The van der Waals surface area contributed by atoms with Gasteiger partial charge in [-0.3, -0.25) is 9.59 Å². The van der Waals surface area contributed by atoms with Crippen LogP contribution in [-0.2, 0) is 22.3 Å². The summed E-state index contributed by atoms with van der Waals surface area (Å²) >= 11 is 5.61. The quantitative estimate of drug-likeness (QED) is 0.657. The van der Waals surface area contributed by atoms with Gasteiger partial charge >= 0.3 is 6.18 Å². The van der Waals surface area contributed by atoms with Crippen LogP contribution in [0.3, 0.4) is 0 Å². The van der Waals surface area contributed by atoms with Gasteiger partial charge in [0.15, 0.2) is 0 Å². The number of amides is 2. The van der Waals surface area contributed by atoms with E-state index < -0.39 is 11.7 Å². The molecule has 0 bridgehead atoms. The molecule has 2 aromatic rings. The first-order chi connectivity index (χ1) is 14.7. The Morgan fingerprint density at radius 2 is 1.77 bits per heavy atom. The van der Waals surface area contributed by atoms with Crippen molar-refractivity contribution in [1.29, 1.82) is 0 Å². The van der Waals surface area contributed by atoms with Crippen molar-refractivity contribution in [3.63, 3.8) is 0 Å². The Bertz CT molecular complexity index is 953. The number of likely N-dealkylation sites (tertiary alicyclic amines) is 1. The number of carbonyl (C=O) groups excluding carboxylic acids is 2. The van der Waals surface area contributed by atoms with Gasteiger partial charge in [-0.25, -0.2) is 0 Å². The van der Waals surface area contributed by atoms with Gasteiger partial charge in [0.1, 0.15) is 0 Å². The lowest BCUT2D eigenvalue weighted by Crippen LogP contribution is -2.42. The predicted octanol–water partition coefficient (Wildman–Crippen LogP) is 4.93. The van der Waals surface area contributed by atoms with E-state index in [4.69, 9.17) is 11.6 Å². The highest BCUT2D eigenvalue weighted by molar-refractivity contribution is 6.31. The Balaban J connectivity index is 1.50. The zero-order valence-electron chi connectivity index (χ0n) is 16.7. The van der Waals surface area contributed by atoms with Crippen LogP contribution in [0.15, 0.2) is 54.6 Å². The van der Waals surface area contributed by atoms with E-state index in [1.807, 2.05) is 30.3 Å². The number of benzene rings is 2. The maximum Gasteiger partial charge on any atom is 0.417 e. The number of halogens is 4. The van der Waals surface area contributed by atoms with Crippen molar-refractivity contribution >= 4 is 29.5 Å². The fourth-order valence-electron chi connectivity index (χ4n) is 3.43. The normalized spacial score (nSPS) is 15.3. The van der Waals surface area contributed by atoms with Gasteiger partial charge in [-0.05, 0) is 42.2 Å². The van der Waals surface area contributed by atoms with Gasteiger partial charge in [-0.2, -0.15) is 13.2 Å². The van der Waals surface area contributed by atoms with Crippen molar-refractivity contribution in [2.24, 2.45) is 5.92 Å². The zero-order valence-corrected chi connectivity index (χ0v) is 17.4. The summed E-state index contributed by atoms with van der Waals surface area (Å²) in [6.45, 7) is 1.30. The Kier molecular flexibility index (Phi) is 7.38. The molecule has 0 aromatic heterocycles. The van der Waals surface area contributed by atoms with Gasteiger partial charge in [0, 0.05) is 31.6 Å². The molecule has 1 aliphatic rings. The average Bonchev–Trinajstić information content (AvgIpc) is 2.76. The Hall–Kier alpha value is -2.80. The second kappa shape index (κ2) is 10.0. The van der Waals surface area contributed by atoms with Crippen LogP contribution in [0.1, 0.15) is 29.5 Å². The smallest absolute Gasteiger partial charge is 0.352 e. The molecule has 2 amide bonds. The van der Waals surface area contributed by atoms with E-state index >= 15 is 0 Å². The lowest BCUT2D eigenvalue weighted by atomic mass is 9.95. The summed E-state index contributed by atoms with van der Waals surface area (Å²) in [4.78, 5) is 26.4. The molecule has 1 saturated heterocycles. The maximum absolute atomic E-state index is 13.0. The fraction of sp³-hybridized carbons (Fsp3) is 0.304. The molecule has 1 heterocycles. The van der Waals surface area contributed by atoms with Gasteiger partial charge in [-0.1, -0.05) is 48.0 Å². The van der Waals surface area contributed by atoms with Crippen molar-refractivity contribution in [3.05, 3.63) is 76.3 Å². The summed E-state index contributed by atoms with van der Waals surface area (Å²) in [6, 6.07) is 13.1. The van der Waals surface area contributed by atoms with Gasteiger partial charge in [0.25, 0.3) is 0 Å². The third-order valence-electron chi connectivity index (χ3n) is 5.20. The topological polar surface area (TPSA) is 49.4 Å². The lowest BCUT2D eigenvalue weighted by molar-refractivity contribution is -0.137. The average molecular weight is 451 g/mol. The number of alkyl halides is 3. The van der Waals surface area contributed by atoms with E-state index in [1.54, 1.807) is 4.90 Å². The summed E-state index contributed by atoms with van der Waals surface area (Å²) in [5, 5.41) is 2.54. The molecule has 1 N–H and O–H groups in total. The largest absolute Gasteiger partial charge is 0.417 e. The standard InChI is InChI=1S/C23H22ClF3N2O2/c24-20-8-6-16(14-19(20)23(25,26)27)7-9-21(30)29-12-10-18(11-13-29)22(31)28-15-17-4-2-1-3-5-17/h1-9,14,18H,10-13,15H2,(H,28,31)/b9-7+. The lowest BCUT2D eigenvalue weighted by Gasteiger charge is -2.30. The second-order valence-corrected chi connectivity index (χ2v) is 7.78. The van der Waals surface area contributed by atoms with Gasteiger partial charge < -0.3 is 10.2 Å². The molecular weight excluding hydrogens is 429 g/mol. The predicted molar refractivity (Wildman–Crippen MR) is 113 cm³/mol. The Morgan fingerprint density at radius 1 is 1.10 bits per heavy atom.